The molecule has 2 aliphatic rings. The van der Waals surface area contributed by atoms with Crippen LogP contribution in [-0.2, 0) is 4.79 Å². The van der Waals surface area contributed by atoms with Gasteiger partial charge in [-0.1, -0.05) is 32.6 Å². The predicted molar refractivity (Wildman–Crippen MR) is 136 cm³/mol. The molecule has 0 unspecified atom stereocenters. The highest BCUT2D eigenvalue weighted by Crippen LogP contribution is 2.35. The fourth-order valence-electron chi connectivity index (χ4n) is 3.73. The van der Waals surface area contributed by atoms with Crippen LogP contribution in [-0.4, -0.2) is 39.0 Å². The van der Waals surface area contributed by atoms with Crippen LogP contribution in [0.25, 0.3) is 17.4 Å². The maximum absolute atomic E-state index is 12.6. The van der Waals surface area contributed by atoms with E-state index in [2.05, 4.69) is 17.0 Å². The summed E-state index contributed by atoms with van der Waals surface area (Å²) in [6, 6.07) is 7.62. The number of benzene rings is 1. The van der Waals surface area contributed by atoms with Crippen molar-refractivity contribution in [2.75, 3.05) is 7.11 Å². The Labute approximate surface area is 206 Å². The molecule has 4 rings (SSSR count). The Hall–Kier alpha value is -3.73. The quantitative estimate of drug-likeness (QED) is 0.189. The van der Waals surface area contributed by atoms with Crippen molar-refractivity contribution >= 4 is 45.5 Å². The number of hydrogen-bond donors (Lipinski definition) is 1. The monoisotopic (exact) mass is 495 g/mol. The lowest BCUT2D eigenvalue weighted by Crippen LogP contribution is -2.35. The van der Waals surface area contributed by atoms with Gasteiger partial charge in [-0.15, -0.1) is 0 Å². The van der Waals surface area contributed by atoms with E-state index < -0.39 is 10.8 Å². The first-order valence-electron chi connectivity index (χ1n) is 11.3. The Morgan fingerprint density at radius 1 is 1.23 bits per heavy atom. The Morgan fingerprint density at radius 3 is 2.77 bits per heavy atom. The zero-order valence-electron chi connectivity index (χ0n) is 19.4. The molecule has 1 amide bonds. The lowest BCUT2D eigenvalue weighted by molar-refractivity contribution is -0.384. The second kappa shape index (κ2) is 10.7. The largest absolute Gasteiger partial charge is 0.497 e. The van der Waals surface area contributed by atoms with Crippen LogP contribution in [0.2, 0.25) is 0 Å². The van der Waals surface area contributed by atoms with Crippen molar-refractivity contribution in [3.63, 3.8) is 0 Å². The highest BCUT2D eigenvalue weighted by molar-refractivity contribution is 8.26. The van der Waals surface area contributed by atoms with Gasteiger partial charge in [0.05, 0.1) is 29.2 Å². The lowest BCUT2D eigenvalue weighted by atomic mass is 10.1. The van der Waals surface area contributed by atoms with Crippen molar-refractivity contribution < 1.29 is 18.9 Å². The number of nitrogens with zero attached hydrogens (tertiary/aromatic N) is 4. The van der Waals surface area contributed by atoms with Crippen LogP contribution in [0.4, 0.5) is 5.69 Å². The first kappa shape index (κ1) is 24.4. The standard InChI is InChI=1S/C24H25N5O5S/c1-3-4-5-6-7-8-21-27-28-22(25)18(23(30)26-24(28)35-21)13-16-10-12-20(34-16)17-11-9-15(33-2)14-19(17)29(31)32/h9-14,25H,3-8H2,1-2H3/b18-13-,25-22?. The van der Waals surface area contributed by atoms with Gasteiger partial charge >= 0.3 is 0 Å². The summed E-state index contributed by atoms with van der Waals surface area (Å²) in [5, 5.41) is 27.1. The van der Waals surface area contributed by atoms with Gasteiger partial charge in [0.1, 0.15) is 22.3 Å². The molecular weight excluding hydrogens is 470 g/mol. The van der Waals surface area contributed by atoms with Crippen molar-refractivity contribution in [2.45, 2.75) is 45.4 Å². The van der Waals surface area contributed by atoms with Gasteiger partial charge in [0.2, 0.25) is 5.17 Å². The Bertz CT molecular complexity index is 1260. The summed E-state index contributed by atoms with van der Waals surface area (Å²) >= 11 is 1.32. The van der Waals surface area contributed by atoms with Crippen molar-refractivity contribution in [3.05, 3.63) is 51.8 Å². The van der Waals surface area contributed by atoms with Crippen LogP contribution in [0, 0.1) is 15.5 Å². The fraction of sp³-hybridized carbons (Fsp3) is 0.333. The van der Waals surface area contributed by atoms with Gasteiger partial charge in [0.15, 0.2) is 5.84 Å². The van der Waals surface area contributed by atoms with Crippen LogP contribution in [0.3, 0.4) is 0 Å². The van der Waals surface area contributed by atoms with Crippen molar-refractivity contribution in [3.8, 4) is 17.1 Å². The number of carbonyl (C=O) groups excluding carboxylic acids is 1. The topological polar surface area (TPSA) is 134 Å². The van der Waals surface area contributed by atoms with Crippen LogP contribution >= 0.6 is 11.8 Å². The Kier molecular flexibility index (Phi) is 7.45. The average Bonchev–Trinajstić information content (AvgIpc) is 3.48. The van der Waals surface area contributed by atoms with E-state index in [1.807, 2.05) is 0 Å². The minimum Gasteiger partial charge on any atom is -0.497 e. The molecule has 2 aromatic rings. The Balaban J connectivity index is 1.53. The molecule has 0 radical (unpaired) electrons. The summed E-state index contributed by atoms with van der Waals surface area (Å²) < 4.78 is 10.8. The molecule has 10 nitrogen and oxygen atoms in total. The molecule has 0 atom stereocenters. The second-order valence-corrected chi connectivity index (χ2v) is 9.06. The number of nitro benzene ring substituents is 1. The number of amidine groups is 2. The third-order valence-corrected chi connectivity index (χ3v) is 6.54. The summed E-state index contributed by atoms with van der Waals surface area (Å²) in [6.45, 7) is 2.17. The van der Waals surface area contributed by atoms with Crippen LogP contribution in [0.5, 0.6) is 5.75 Å². The molecule has 3 heterocycles. The molecule has 0 bridgehead atoms. The highest BCUT2D eigenvalue weighted by Gasteiger charge is 2.35. The van der Waals surface area contributed by atoms with E-state index >= 15 is 0 Å². The van der Waals surface area contributed by atoms with Crippen LogP contribution in [0.15, 0.2) is 50.4 Å². The Morgan fingerprint density at radius 2 is 2.03 bits per heavy atom. The van der Waals surface area contributed by atoms with Crippen LogP contribution in [0.1, 0.15) is 51.2 Å². The van der Waals surface area contributed by atoms with E-state index in [0.717, 1.165) is 24.3 Å². The number of unbranched alkanes of at least 4 members (excludes halogenated alkanes) is 4. The number of carbonyl (C=O) groups is 1. The SMILES string of the molecule is CCCCCCCC1=NN2C(=N)/C(=C/c3ccc(-c4ccc(OC)cc4[N+](=O)[O-])o3)C(=O)N=C2S1. The van der Waals surface area contributed by atoms with Crippen molar-refractivity contribution in [1.29, 1.82) is 5.41 Å². The number of fused-ring (bicyclic) bond motifs is 1. The summed E-state index contributed by atoms with van der Waals surface area (Å²) in [7, 11) is 1.43. The molecule has 0 aliphatic carbocycles. The molecule has 0 saturated heterocycles. The van der Waals surface area contributed by atoms with Gasteiger partial charge in [-0.3, -0.25) is 20.3 Å². The van der Waals surface area contributed by atoms with Gasteiger partial charge < -0.3 is 9.15 Å². The number of methoxy groups -OCH3 is 1. The predicted octanol–water partition coefficient (Wildman–Crippen LogP) is 5.84. The first-order valence-corrected chi connectivity index (χ1v) is 12.1. The fourth-order valence-corrected chi connectivity index (χ4v) is 4.65. The first-order chi connectivity index (χ1) is 16.9. The molecular formula is C24H25N5O5S. The van der Waals surface area contributed by atoms with E-state index in [-0.39, 0.29) is 34.2 Å². The van der Waals surface area contributed by atoms with Gasteiger partial charge in [-0.2, -0.15) is 15.1 Å². The minimum atomic E-state index is -0.554. The summed E-state index contributed by atoms with van der Waals surface area (Å²) in [5.74, 6) is 0.242. The van der Waals surface area contributed by atoms with E-state index in [4.69, 9.17) is 14.6 Å². The molecule has 35 heavy (non-hydrogen) atoms. The molecule has 1 N–H and O–H groups in total. The van der Waals surface area contributed by atoms with Crippen LogP contribution < -0.4 is 4.74 Å². The summed E-state index contributed by atoms with van der Waals surface area (Å²) in [6.07, 6.45) is 7.90. The number of aliphatic imine (C=N–C) groups is 1. The maximum Gasteiger partial charge on any atom is 0.284 e. The minimum absolute atomic E-state index is 0.0347. The normalized spacial score (nSPS) is 16.4. The van der Waals surface area contributed by atoms with Gasteiger partial charge in [-0.25, -0.2) is 0 Å². The number of nitrogens with one attached hydrogen (secondary N) is 1. The third-order valence-electron chi connectivity index (χ3n) is 5.57. The van der Waals surface area contributed by atoms with Gasteiger partial charge in [-0.05, 0) is 54.9 Å². The van der Waals surface area contributed by atoms with Gasteiger partial charge in [0.25, 0.3) is 11.6 Å². The molecule has 182 valence electrons. The smallest absolute Gasteiger partial charge is 0.284 e. The number of nitro groups is 1. The zero-order chi connectivity index (χ0) is 24.9. The number of hydrazone groups is 1. The number of ether oxygens (including phenoxy) is 1. The molecule has 11 heteroatoms. The molecule has 2 aliphatic heterocycles. The maximum atomic E-state index is 12.6. The molecule has 1 aromatic heterocycles. The van der Waals surface area contributed by atoms with E-state index in [1.165, 1.54) is 61.4 Å². The molecule has 0 fully saturated rings. The van der Waals surface area contributed by atoms with Crippen molar-refractivity contribution in [2.24, 2.45) is 10.1 Å². The van der Waals surface area contributed by atoms with Gasteiger partial charge in [0, 0.05) is 0 Å². The van der Waals surface area contributed by atoms with Crippen molar-refractivity contribution in [1.82, 2.24) is 5.01 Å². The molecule has 0 spiro atoms. The number of furan rings is 1. The summed E-state index contributed by atoms with van der Waals surface area (Å²) in [5.41, 5.74) is 0.140. The molecule has 0 saturated carbocycles. The summed E-state index contributed by atoms with van der Waals surface area (Å²) in [4.78, 5) is 27.7. The average molecular weight is 496 g/mol. The zero-order valence-corrected chi connectivity index (χ0v) is 20.3. The second-order valence-electron chi connectivity index (χ2n) is 8.02. The highest BCUT2D eigenvalue weighted by atomic mass is 32.2. The lowest BCUT2D eigenvalue weighted by Gasteiger charge is -2.19. The number of amides is 1. The van der Waals surface area contributed by atoms with E-state index in [9.17, 15) is 14.9 Å². The third kappa shape index (κ3) is 5.35. The number of rotatable bonds is 10. The molecule has 1 aromatic carbocycles. The van der Waals surface area contributed by atoms with E-state index in [0.29, 0.717) is 10.9 Å². The number of hydrogen-bond acceptors (Lipinski definition) is 8. The number of thioether (sulfide) groups is 1. The van der Waals surface area contributed by atoms with E-state index in [1.54, 1.807) is 18.2 Å².